The number of hydrogen-bond donors (Lipinski definition) is 2. The van der Waals surface area contributed by atoms with Crippen molar-refractivity contribution in [3.63, 3.8) is 0 Å². The molecule has 1 rings (SSSR count). The van der Waals surface area contributed by atoms with Gasteiger partial charge in [-0.1, -0.05) is 20.8 Å². The Labute approximate surface area is 115 Å². The van der Waals surface area contributed by atoms with Crippen LogP contribution in [-0.4, -0.2) is 21.0 Å². The highest BCUT2D eigenvalue weighted by atomic mass is 16.4. The highest BCUT2D eigenvalue weighted by Gasteiger charge is 2.09. The largest absolute Gasteiger partial charge is 0.481 e. The highest BCUT2D eigenvalue weighted by molar-refractivity contribution is 5.66. The average Bonchev–Trinajstić information content (AvgIpc) is 2.28. The number of carboxylic acids is 1. The van der Waals surface area contributed by atoms with Crippen molar-refractivity contribution in [1.29, 1.82) is 0 Å². The fraction of sp³-hybridized carbons (Fsp3) is 0.643. The quantitative estimate of drug-likeness (QED) is 0.875. The van der Waals surface area contributed by atoms with E-state index in [0.29, 0.717) is 13.0 Å². The van der Waals surface area contributed by atoms with Crippen LogP contribution < -0.4 is 5.73 Å². The smallest absolute Gasteiger partial charge is 0.303 e. The van der Waals surface area contributed by atoms with Gasteiger partial charge in [0.05, 0.1) is 0 Å². The molecule has 0 fully saturated rings. The van der Waals surface area contributed by atoms with E-state index in [0.717, 1.165) is 24.2 Å². The predicted octanol–water partition coefficient (Wildman–Crippen LogP) is 2.53. The SMILES string of the molecule is CC(C)(C)CCCC(=O)O.Cc1ncc(CN)cn1. The molecular formula is C14H25N3O2. The Morgan fingerprint density at radius 3 is 2.21 bits per heavy atom. The summed E-state index contributed by atoms with van der Waals surface area (Å²) < 4.78 is 0. The van der Waals surface area contributed by atoms with E-state index in [1.54, 1.807) is 12.4 Å². The van der Waals surface area contributed by atoms with E-state index < -0.39 is 5.97 Å². The van der Waals surface area contributed by atoms with E-state index in [1.807, 2.05) is 6.92 Å². The molecule has 19 heavy (non-hydrogen) atoms. The Morgan fingerprint density at radius 2 is 1.84 bits per heavy atom. The van der Waals surface area contributed by atoms with E-state index in [2.05, 4.69) is 30.7 Å². The lowest BCUT2D eigenvalue weighted by Gasteiger charge is -2.16. The number of hydrogen-bond acceptors (Lipinski definition) is 4. The molecule has 1 heterocycles. The summed E-state index contributed by atoms with van der Waals surface area (Å²) in [5.74, 6) is 0.0939. The van der Waals surface area contributed by atoms with Gasteiger partial charge in [0.2, 0.25) is 0 Å². The molecule has 0 unspecified atom stereocenters. The monoisotopic (exact) mass is 267 g/mol. The van der Waals surface area contributed by atoms with Gasteiger partial charge in [-0.2, -0.15) is 0 Å². The second-order valence-electron chi connectivity index (χ2n) is 5.65. The van der Waals surface area contributed by atoms with Gasteiger partial charge in [0.1, 0.15) is 5.82 Å². The molecule has 0 aliphatic carbocycles. The zero-order valence-corrected chi connectivity index (χ0v) is 12.3. The molecule has 0 aliphatic rings. The van der Waals surface area contributed by atoms with Crippen molar-refractivity contribution in [1.82, 2.24) is 9.97 Å². The van der Waals surface area contributed by atoms with Gasteiger partial charge in [0.15, 0.2) is 0 Å². The van der Waals surface area contributed by atoms with Crippen LogP contribution in [0.1, 0.15) is 51.4 Å². The van der Waals surface area contributed by atoms with Crippen LogP contribution in [-0.2, 0) is 11.3 Å². The van der Waals surface area contributed by atoms with E-state index in [9.17, 15) is 4.79 Å². The van der Waals surface area contributed by atoms with Gasteiger partial charge >= 0.3 is 5.97 Å². The van der Waals surface area contributed by atoms with E-state index in [4.69, 9.17) is 10.8 Å². The van der Waals surface area contributed by atoms with Crippen LogP contribution >= 0.6 is 0 Å². The van der Waals surface area contributed by atoms with Crippen molar-refractivity contribution in [2.75, 3.05) is 0 Å². The molecule has 5 heteroatoms. The lowest BCUT2D eigenvalue weighted by atomic mass is 9.90. The Kier molecular flexibility index (Phi) is 7.91. The third-order valence-electron chi connectivity index (χ3n) is 2.39. The summed E-state index contributed by atoms with van der Waals surface area (Å²) in [6, 6.07) is 0. The lowest BCUT2D eigenvalue weighted by Crippen LogP contribution is -2.05. The Bertz CT molecular complexity index is 369. The maximum absolute atomic E-state index is 10.1. The van der Waals surface area contributed by atoms with Crippen molar-refractivity contribution >= 4 is 5.97 Å². The molecule has 0 spiro atoms. The van der Waals surface area contributed by atoms with E-state index in [1.165, 1.54) is 0 Å². The second kappa shape index (κ2) is 8.58. The van der Waals surface area contributed by atoms with Gasteiger partial charge < -0.3 is 10.8 Å². The maximum atomic E-state index is 10.1. The van der Waals surface area contributed by atoms with Crippen molar-refractivity contribution in [2.45, 2.75) is 53.5 Å². The van der Waals surface area contributed by atoms with E-state index in [-0.39, 0.29) is 5.41 Å². The number of nitrogens with zero attached hydrogens (tertiary/aromatic N) is 2. The third-order valence-corrected chi connectivity index (χ3v) is 2.39. The van der Waals surface area contributed by atoms with Crippen LogP contribution in [0.15, 0.2) is 12.4 Å². The molecule has 3 N–H and O–H groups in total. The first kappa shape index (κ1) is 17.5. The fourth-order valence-corrected chi connectivity index (χ4v) is 1.29. The molecule has 1 aromatic heterocycles. The van der Waals surface area contributed by atoms with Gasteiger partial charge in [-0.3, -0.25) is 4.79 Å². The van der Waals surface area contributed by atoms with Gasteiger partial charge in [-0.15, -0.1) is 0 Å². The zero-order chi connectivity index (χ0) is 14.9. The van der Waals surface area contributed by atoms with Crippen LogP contribution in [0.3, 0.4) is 0 Å². The third kappa shape index (κ3) is 11.3. The minimum atomic E-state index is -0.691. The maximum Gasteiger partial charge on any atom is 0.303 e. The number of carboxylic acid groups (broad SMARTS) is 1. The number of aliphatic carboxylic acids is 1. The van der Waals surface area contributed by atoms with Gasteiger partial charge in [0.25, 0.3) is 0 Å². The molecule has 0 atom stereocenters. The van der Waals surface area contributed by atoms with Crippen LogP contribution in [0.2, 0.25) is 0 Å². The van der Waals surface area contributed by atoms with Gasteiger partial charge in [0, 0.05) is 30.9 Å². The number of carbonyl (C=O) groups is 1. The molecule has 0 bridgehead atoms. The van der Waals surface area contributed by atoms with Crippen molar-refractivity contribution in [3.05, 3.63) is 23.8 Å². The molecule has 0 amide bonds. The fourth-order valence-electron chi connectivity index (χ4n) is 1.29. The van der Waals surface area contributed by atoms with Crippen LogP contribution in [0.25, 0.3) is 0 Å². The summed E-state index contributed by atoms with van der Waals surface area (Å²) in [7, 11) is 0. The number of nitrogens with two attached hydrogens (primary N) is 1. The molecular weight excluding hydrogens is 242 g/mol. The van der Waals surface area contributed by atoms with Crippen molar-refractivity contribution < 1.29 is 9.90 Å². The minimum Gasteiger partial charge on any atom is -0.481 e. The van der Waals surface area contributed by atoms with Crippen molar-refractivity contribution in [3.8, 4) is 0 Å². The molecule has 0 radical (unpaired) electrons. The molecule has 108 valence electrons. The Morgan fingerprint density at radius 1 is 1.32 bits per heavy atom. The summed E-state index contributed by atoms with van der Waals surface area (Å²) >= 11 is 0. The van der Waals surface area contributed by atoms with Crippen LogP contribution in [0.4, 0.5) is 0 Å². The van der Waals surface area contributed by atoms with Gasteiger partial charge in [-0.25, -0.2) is 9.97 Å². The molecule has 1 aromatic rings. The minimum absolute atomic E-state index is 0.273. The number of aromatic nitrogens is 2. The number of aryl methyl sites for hydroxylation is 1. The van der Waals surface area contributed by atoms with Crippen LogP contribution in [0, 0.1) is 12.3 Å². The number of rotatable bonds is 4. The van der Waals surface area contributed by atoms with E-state index >= 15 is 0 Å². The summed E-state index contributed by atoms with van der Waals surface area (Å²) in [5, 5.41) is 8.31. The predicted molar refractivity (Wildman–Crippen MR) is 75.6 cm³/mol. The molecule has 0 saturated heterocycles. The van der Waals surface area contributed by atoms with Crippen molar-refractivity contribution in [2.24, 2.45) is 11.1 Å². The van der Waals surface area contributed by atoms with Gasteiger partial charge in [-0.05, 0) is 25.2 Å². The normalized spacial score (nSPS) is 10.6. The summed E-state index contributed by atoms with van der Waals surface area (Å²) in [6.07, 6.45) is 5.56. The Hall–Kier alpha value is -1.49. The summed E-state index contributed by atoms with van der Waals surface area (Å²) in [4.78, 5) is 18.0. The first-order valence-electron chi connectivity index (χ1n) is 6.44. The topological polar surface area (TPSA) is 89.1 Å². The first-order chi connectivity index (χ1) is 8.74. The van der Waals surface area contributed by atoms with Crippen LogP contribution in [0.5, 0.6) is 0 Å². The lowest BCUT2D eigenvalue weighted by molar-refractivity contribution is -0.137. The molecule has 0 aliphatic heterocycles. The average molecular weight is 267 g/mol. The summed E-state index contributed by atoms with van der Waals surface area (Å²) in [6.45, 7) is 8.72. The zero-order valence-electron chi connectivity index (χ0n) is 12.3. The Balaban J connectivity index is 0.000000342. The summed E-state index contributed by atoms with van der Waals surface area (Å²) in [5.41, 5.74) is 6.57. The first-order valence-corrected chi connectivity index (χ1v) is 6.44. The second-order valence-corrected chi connectivity index (χ2v) is 5.65. The molecule has 5 nitrogen and oxygen atoms in total. The standard InChI is InChI=1S/C8H16O2.C6H9N3/c1-8(2,3)6-4-5-7(9)10;1-5-8-3-6(2-7)4-9-5/h4-6H2,1-3H3,(H,9,10);3-4H,2,7H2,1H3. The molecule has 0 saturated carbocycles. The highest BCUT2D eigenvalue weighted by Crippen LogP contribution is 2.21. The molecule has 0 aromatic carbocycles.